The molecule has 2 aromatic rings. The normalized spacial score (nSPS) is 12.0. The summed E-state index contributed by atoms with van der Waals surface area (Å²) < 4.78 is 10.9. The van der Waals surface area contributed by atoms with Gasteiger partial charge in [0.15, 0.2) is 11.5 Å². The van der Waals surface area contributed by atoms with Gasteiger partial charge >= 0.3 is 0 Å². The average molecular weight is 306 g/mol. The summed E-state index contributed by atoms with van der Waals surface area (Å²) in [6, 6.07) is 6.02. The summed E-state index contributed by atoms with van der Waals surface area (Å²) >= 11 is 1.73. The predicted molar refractivity (Wildman–Crippen MR) is 87.8 cm³/mol. The van der Waals surface area contributed by atoms with Crippen LogP contribution in [0.25, 0.3) is 0 Å². The average Bonchev–Trinajstić information content (AvgIpc) is 2.78. The Morgan fingerprint density at radius 3 is 2.62 bits per heavy atom. The molecule has 2 rings (SSSR count). The van der Waals surface area contributed by atoms with E-state index in [0.717, 1.165) is 27.9 Å². The third-order valence-electron chi connectivity index (χ3n) is 3.20. The van der Waals surface area contributed by atoms with Crippen molar-refractivity contribution in [3.8, 4) is 11.5 Å². The molecule has 0 aliphatic heterocycles. The largest absolute Gasteiger partial charge is 0.493 e. The molecule has 0 saturated carbocycles. The van der Waals surface area contributed by atoms with Crippen LogP contribution in [0.3, 0.4) is 0 Å². The van der Waals surface area contributed by atoms with Crippen molar-refractivity contribution in [1.82, 2.24) is 4.98 Å². The molecule has 0 saturated heterocycles. The van der Waals surface area contributed by atoms with Crippen molar-refractivity contribution in [1.29, 1.82) is 0 Å². The Kier molecular flexibility index (Phi) is 5.07. The molecule has 0 radical (unpaired) electrons. The maximum atomic E-state index is 5.61. The van der Waals surface area contributed by atoms with Gasteiger partial charge in [0.1, 0.15) is 0 Å². The lowest BCUT2D eigenvalue weighted by atomic mass is 10.2. The Labute approximate surface area is 130 Å². The lowest BCUT2D eigenvalue weighted by molar-refractivity contribution is 0.311. The number of benzene rings is 1. The first-order chi connectivity index (χ1) is 10.0. The third-order valence-corrected chi connectivity index (χ3v) is 4.10. The minimum absolute atomic E-state index is 0.151. The fourth-order valence-electron chi connectivity index (χ4n) is 2.30. The second kappa shape index (κ2) is 6.80. The van der Waals surface area contributed by atoms with Crippen LogP contribution < -0.4 is 14.8 Å². The number of thiazole rings is 1. The smallest absolute Gasteiger partial charge is 0.163 e. The van der Waals surface area contributed by atoms with E-state index in [9.17, 15) is 0 Å². The Hall–Kier alpha value is -1.75. The van der Waals surface area contributed by atoms with Gasteiger partial charge in [0.25, 0.3) is 0 Å². The molecule has 1 aromatic carbocycles. The molecule has 0 fully saturated rings. The number of ether oxygens (including phenoxy) is 2. The zero-order valence-corrected chi connectivity index (χ0v) is 14.0. The highest BCUT2D eigenvalue weighted by Gasteiger charge is 2.14. The summed E-state index contributed by atoms with van der Waals surface area (Å²) in [5, 5.41) is 4.57. The monoisotopic (exact) mass is 306 g/mol. The van der Waals surface area contributed by atoms with E-state index in [0.29, 0.717) is 6.61 Å². The predicted octanol–water partition coefficient (Wildman–Crippen LogP) is 4.34. The van der Waals surface area contributed by atoms with Crippen molar-refractivity contribution >= 4 is 17.0 Å². The number of methoxy groups -OCH3 is 1. The van der Waals surface area contributed by atoms with Gasteiger partial charge in [-0.2, -0.15) is 0 Å². The summed E-state index contributed by atoms with van der Waals surface area (Å²) in [6.45, 7) is 8.84. The SMILES string of the molecule is CCOc1cc(NC(C)c2nc(C)sc2C)ccc1OC. The second-order valence-electron chi connectivity index (χ2n) is 4.84. The van der Waals surface area contributed by atoms with Crippen molar-refractivity contribution in [3.63, 3.8) is 0 Å². The zero-order valence-electron chi connectivity index (χ0n) is 13.2. The van der Waals surface area contributed by atoms with Crippen molar-refractivity contribution in [2.45, 2.75) is 33.7 Å². The standard InChI is InChI=1S/C16H22N2O2S/c1-6-20-15-9-13(7-8-14(15)19-5)17-10(2)16-11(3)21-12(4)18-16/h7-10,17H,6H2,1-5H3. The number of hydrogen-bond donors (Lipinski definition) is 1. The number of aromatic nitrogens is 1. The molecule has 1 N–H and O–H groups in total. The second-order valence-corrected chi connectivity index (χ2v) is 6.25. The van der Waals surface area contributed by atoms with Gasteiger partial charge in [-0.3, -0.25) is 0 Å². The summed E-state index contributed by atoms with van der Waals surface area (Å²) in [4.78, 5) is 5.85. The van der Waals surface area contributed by atoms with Crippen LogP contribution in [0, 0.1) is 13.8 Å². The van der Waals surface area contributed by atoms with Crippen LogP contribution in [0.5, 0.6) is 11.5 Å². The van der Waals surface area contributed by atoms with Crippen LogP contribution in [0.1, 0.15) is 35.5 Å². The van der Waals surface area contributed by atoms with E-state index < -0.39 is 0 Å². The van der Waals surface area contributed by atoms with Gasteiger partial charge < -0.3 is 14.8 Å². The molecule has 0 spiro atoms. The molecular formula is C16H22N2O2S. The van der Waals surface area contributed by atoms with Gasteiger partial charge in [-0.1, -0.05) is 0 Å². The van der Waals surface area contributed by atoms with Gasteiger partial charge in [-0.15, -0.1) is 11.3 Å². The maximum absolute atomic E-state index is 5.61. The number of nitrogens with zero attached hydrogens (tertiary/aromatic N) is 1. The highest BCUT2D eigenvalue weighted by atomic mass is 32.1. The number of nitrogens with one attached hydrogen (secondary N) is 1. The Balaban J connectivity index is 2.19. The molecular weight excluding hydrogens is 284 g/mol. The number of anilines is 1. The topological polar surface area (TPSA) is 43.4 Å². The summed E-state index contributed by atoms with van der Waals surface area (Å²) in [5.74, 6) is 1.50. The van der Waals surface area contributed by atoms with E-state index in [4.69, 9.17) is 9.47 Å². The molecule has 1 heterocycles. The molecule has 114 valence electrons. The first kappa shape index (κ1) is 15.6. The number of hydrogen-bond acceptors (Lipinski definition) is 5. The Morgan fingerprint density at radius 2 is 2.05 bits per heavy atom. The zero-order chi connectivity index (χ0) is 15.4. The molecule has 1 unspecified atom stereocenters. The van der Waals surface area contributed by atoms with Crippen molar-refractivity contribution in [2.75, 3.05) is 19.0 Å². The van der Waals surface area contributed by atoms with Gasteiger partial charge in [0.05, 0.1) is 30.5 Å². The van der Waals surface area contributed by atoms with E-state index in [1.54, 1.807) is 18.4 Å². The van der Waals surface area contributed by atoms with Gasteiger partial charge in [0.2, 0.25) is 0 Å². The van der Waals surface area contributed by atoms with Crippen LogP contribution in [0.15, 0.2) is 18.2 Å². The van der Waals surface area contributed by atoms with Crippen LogP contribution in [-0.4, -0.2) is 18.7 Å². The van der Waals surface area contributed by atoms with Gasteiger partial charge in [-0.05, 0) is 39.8 Å². The molecule has 5 heteroatoms. The van der Waals surface area contributed by atoms with Crippen molar-refractivity contribution < 1.29 is 9.47 Å². The molecule has 0 aliphatic rings. The molecule has 21 heavy (non-hydrogen) atoms. The fraction of sp³-hybridized carbons (Fsp3) is 0.438. The molecule has 4 nitrogen and oxygen atoms in total. The quantitative estimate of drug-likeness (QED) is 0.862. The summed E-state index contributed by atoms with van der Waals surface area (Å²) in [6.07, 6.45) is 0. The van der Waals surface area contributed by atoms with E-state index in [1.807, 2.05) is 32.0 Å². The Bertz CT molecular complexity index is 610. The number of aryl methyl sites for hydroxylation is 2. The number of rotatable bonds is 6. The van der Waals surface area contributed by atoms with Crippen molar-refractivity contribution in [2.24, 2.45) is 0 Å². The summed E-state index contributed by atoms with van der Waals surface area (Å²) in [7, 11) is 1.65. The molecule has 0 bridgehead atoms. The lowest BCUT2D eigenvalue weighted by Crippen LogP contribution is -2.08. The van der Waals surface area contributed by atoms with E-state index in [-0.39, 0.29) is 6.04 Å². The Morgan fingerprint density at radius 1 is 1.29 bits per heavy atom. The highest BCUT2D eigenvalue weighted by Crippen LogP contribution is 2.32. The molecule has 0 aliphatic carbocycles. The van der Waals surface area contributed by atoms with Crippen LogP contribution in [0.2, 0.25) is 0 Å². The van der Waals surface area contributed by atoms with Gasteiger partial charge in [0, 0.05) is 16.6 Å². The van der Waals surface area contributed by atoms with Crippen molar-refractivity contribution in [3.05, 3.63) is 33.8 Å². The summed E-state index contributed by atoms with van der Waals surface area (Å²) in [5.41, 5.74) is 2.10. The third kappa shape index (κ3) is 3.67. The molecule has 0 amide bonds. The van der Waals surface area contributed by atoms with Crippen LogP contribution in [-0.2, 0) is 0 Å². The first-order valence-corrected chi connectivity index (χ1v) is 7.88. The first-order valence-electron chi connectivity index (χ1n) is 7.06. The molecule has 1 aromatic heterocycles. The van der Waals surface area contributed by atoms with E-state index in [2.05, 4.69) is 24.1 Å². The van der Waals surface area contributed by atoms with Gasteiger partial charge in [-0.25, -0.2) is 4.98 Å². The fourth-order valence-corrected chi connectivity index (χ4v) is 3.21. The van der Waals surface area contributed by atoms with E-state index in [1.165, 1.54) is 4.88 Å². The van der Waals surface area contributed by atoms with Crippen LogP contribution >= 0.6 is 11.3 Å². The highest BCUT2D eigenvalue weighted by molar-refractivity contribution is 7.11. The molecule has 1 atom stereocenters. The maximum Gasteiger partial charge on any atom is 0.163 e. The lowest BCUT2D eigenvalue weighted by Gasteiger charge is -2.16. The van der Waals surface area contributed by atoms with E-state index >= 15 is 0 Å². The minimum atomic E-state index is 0.151. The minimum Gasteiger partial charge on any atom is -0.493 e. The van der Waals surface area contributed by atoms with Crippen LogP contribution in [0.4, 0.5) is 5.69 Å².